The zero-order chi connectivity index (χ0) is 14.7. The van der Waals surface area contributed by atoms with Crippen LogP contribution in [0.1, 0.15) is 23.7 Å². The van der Waals surface area contributed by atoms with Gasteiger partial charge in [-0.1, -0.05) is 17.7 Å². The number of aromatic nitrogens is 1. The second-order valence-corrected chi connectivity index (χ2v) is 4.85. The summed E-state index contributed by atoms with van der Waals surface area (Å²) in [6.07, 6.45) is 1.70. The van der Waals surface area contributed by atoms with Crippen LogP contribution in [0, 0.1) is 13.8 Å². The van der Waals surface area contributed by atoms with Gasteiger partial charge in [-0.2, -0.15) is 0 Å². The molecule has 0 radical (unpaired) electrons. The first kappa shape index (κ1) is 14.1. The predicted octanol–water partition coefficient (Wildman–Crippen LogP) is 2.96. The Kier molecular flexibility index (Phi) is 4.03. The van der Waals surface area contributed by atoms with Crippen LogP contribution in [-0.2, 0) is 11.3 Å². The predicted molar refractivity (Wildman–Crippen MR) is 78.7 cm³/mol. The zero-order valence-corrected chi connectivity index (χ0v) is 11.9. The Morgan fingerprint density at radius 2 is 2.05 bits per heavy atom. The van der Waals surface area contributed by atoms with Crippen molar-refractivity contribution in [2.45, 2.75) is 27.3 Å². The Morgan fingerprint density at radius 1 is 1.30 bits per heavy atom. The van der Waals surface area contributed by atoms with E-state index in [9.17, 15) is 9.90 Å². The van der Waals surface area contributed by atoms with Gasteiger partial charge in [0.15, 0.2) is 0 Å². The van der Waals surface area contributed by atoms with Crippen LogP contribution in [0.5, 0.6) is 5.75 Å². The second kappa shape index (κ2) is 5.74. The van der Waals surface area contributed by atoms with E-state index < -0.39 is 0 Å². The average Bonchev–Trinajstić information content (AvgIpc) is 2.40. The summed E-state index contributed by atoms with van der Waals surface area (Å²) in [5, 5.41) is 9.93. The maximum atomic E-state index is 11.9. The van der Waals surface area contributed by atoms with Crippen LogP contribution in [-0.4, -0.2) is 16.0 Å². The third-order valence-electron chi connectivity index (χ3n) is 3.21. The Morgan fingerprint density at radius 3 is 2.70 bits per heavy atom. The third kappa shape index (κ3) is 2.96. The van der Waals surface area contributed by atoms with Crippen molar-refractivity contribution >= 4 is 11.6 Å². The number of carbonyl (C=O) groups is 1. The quantitative estimate of drug-likeness (QED) is 0.933. The molecule has 0 atom stereocenters. The van der Waals surface area contributed by atoms with Gasteiger partial charge in [0, 0.05) is 18.7 Å². The Balaban J connectivity index is 2.38. The van der Waals surface area contributed by atoms with Crippen molar-refractivity contribution in [1.82, 2.24) is 4.98 Å². The largest absolute Gasteiger partial charge is 0.508 e. The lowest BCUT2D eigenvalue weighted by molar-refractivity contribution is -0.116. The van der Waals surface area contributed by atoms with E-state index in [-0.39, 0.29) is 11.7 Å². The van der Waals surface area contributed by atoms with E-state index in [2.05, 4.69) is 4.98 Å². The Labute approximate surface area is 118 Å². The maximum Gasteiger partial charge on any atom is 0.224 e. The first-order valence-corrected chi connectivity index (χ1v) is 6.47. The number of rotatable bonds is 3. The van der Waals surface area contributed by atoms with Crippen molar-refractivity contribution in [2.75, 3.05) is 4.90 Å². The number of amides is 1. The van der Waals surface area contributed by atoms with Crippen LogP contribution >= 0.6 is 0 Å². The highest BCUT2D eigenvalue weighted by Crippen LogP contribution is 2.25. The Bertz CT molecular complexity index is 638. The maximum absolute atomic E-state index is 11.9. The molecule has 0 aliphatic heterocycles. The molecule has 2 rings (SSSR count). The van der Waals surface area contributed by atoms with Crippen molar-refractivity contribution in [3.8, 4) is 5.75 Å². The molecule has 0 spiro atoms. The van der Waals surface area contributed by atoms with E-state index in [1.165, 1.54) is 6.92 Å². The van der Waals surface area contributed by atoms with E-state index in [4.69, 9.17) is 0 Å². The van der Waals surface area contributed by atoms with Crippen molar-refractivity contribution in [3.05, 3.63) is 53.3 Å². The lowest BCUT2D eigenvalue weighted by Gasteiger charge is -2.23. The fourth-order valence-corrected chi connectivity index (χ4v) is 2.14. The standard InChI is InChI=1S/C16H18N2O2/c1-11-6-7-16(20)14(9-11)10-18(13(3)19)15-5-4-8-17-12(15)2/h4-9,20H,10H2,1-3H3. The van der Waals surface area contributed by atoms with Crippen LogP contribution in [0.15, 0.2) is 36.5 Å². The number of pyridine rings is 1. The number of hydrogen-bond acceptors (Lipinski definition) is 3. The summed E-state index contributed by atoms with van der Waals surface area (Å²) in [5.41, 5.74) is 3.32. The molecule has 0 saturated carbocycles. The molecule has 0 saturated heterocycles. The molecule has 0 unspecified atom stereocenters. The summed E-state index contributed by atoms with van der Waals surface area (Å²) in [4.78, 5) is 17.7. The third-order valence-corrected chi connectivity index (χ3v) is 3.21. The number of benzene rings is 1. The van der Waals surface area contributed by atoms with Gasteiger partial charge in [-0.05, 0) is 32.0 Å². The van der Waals surface area contributed by atoms with Crippen LogP contribution < -0.4 is 4.90 Å². The number of aromatic hydroxyl groups is 1. The summed E-state index contributed by atoms with van der Waals surface area (Å²) < 4.78 is 0. The van der Waals surface area contributed by atoms with Gasteiger partial charge in [0.05, 0.1) is 17.9 Å². The molecule has 0 aliphatic rings. The van der Waals surface area contributed by atoms with Gasteiger partial charge in [-0.25, -0.2) is 0 Å². The van der Waals surface area contributed by atoms with Gasteiger partial charge in [0.1, 0.15) is 5.75 Å². The number of nitrogens with zero attached hydrogens (tertiary/aromatic N) is 2. The molecule has 4 nitrogen and oxygen atoms in total. The first-order valence-electron chi connectivity index (χ1n) is 6.47. The number of carbonyl (C=O) groups excluding carboxylic acids is 1. The average molecular weight is 270 g/mol. The molecule has 4 heteroatoms. The number of aryl methyl sites for hydroxylation is 2. The number of phenols is 1. The van der Waals surface area contributed by atoms with Crippen molar-refractivity contribution < 1.29 is 9.90 Å². The van der Waals surface area contributed by atoms with Gasteiger partial charge in [0.2, 0.25) is 5.91 Å². The van der Waals surface area contributed by atoms with E-state index in [0.717, 1.165) is 22.5 Å². The zero-order valence-electron chi connectivity index (χ0n) is 11.9. The molecule has 104 valence electrons. The molecular formula is C16H18N2O2. The monoisotopic (exact) mass is 270 g/mol. The molecule has 0 aliphatic carbocycles. The van der Waals surface area contributed by atoms with Gasteiger partial charge in [-0.15, -0.1) is 0 Å². The number of hydrogen-bond donors (Lipinski definition) is 1. The van der Waals surface area contributed by atoms with E-state index in [1.54, 1.807) is 23.2 Å². The van der Waals surface area contributed by atoms with Gasteiger partial charge in [-0.3, -0.25) is 9.78 Å². The molecule has 1 N–H and O–H groups in total. The van der Waals surface area contributed by atoms with Crippen molar-refractivity contribution in [3.63, 3.8) is 0 Å². The fourth-order valence-electron chi connectivity index (χ4n) is 2.14. The van der Waals surface area contributed by atoms with E-state index >= 15 is 0 Å². The van der Waals surface area contributed by atoms with E-state index in [1.807, 2.05) is 32.0 Å². The summed E-state index contributed by atoms with van der Waals surface area (Å²) in [6.45, 7) is 5.66. The topological polar surface area (TPSA) is 53.4 Å². The smallest absolute Gasteiger partial charge is 0.224 e. The van der Waals surface area contributed by atoms with E-state index in [0.29, 0.717) is 6.54 Å². The highest BCUT2D eigenvalue weighted by Gasteiger charge is 2.16. The summed E-state index contributed by atoms with van der Waals surface area (Å²) in [6, 6.07) is 9.03. The summed E-state index contributed by atoms with van der Waals surface area (Å²) in [5.74, 6) is 0.116. The molecule has 1 heterocycles. The minimum atomic E-state index is -0.0815. The van der Waals surface area contributed by atoms with Gasteiger partial charge >= 0.3 is 0 Å². The lowest BCUT2D eigenvalue weighted by atomic mass is 10.1. The van der Waals surface area contributed by atoms with Crippen LogP contribution in [0.25, 0.3) is 0 Å². The SMILES string of the molecule is CC(=O)N(Cc1cc(C)ccc1O)c1cccnc1C. The first-order chi connectivity index (χ1) is 9.49. The molecule has 20 heavy (non-hydrogen) atoms. The normalized spacial score (nSPS) is 10.3. The van der Waals surface area contributed by atoms with Crippen molar-refractivity contribution in [1.29, 1.82) is 0 Å². The number of phenolic OH excluding ortho intramolecular Hbond substituents is 1. The number of anilines is 1. The summed E-state index contributed by atoms with van der Waals surface area (Å²) in [7, 11) is 0. The molecule has 0 bridgehead atoms. The van der Waals surface area contributed by atoms with Crippen LogP contribution in [0.2, 0.25) is 0 Å². The van der Waals surface area contributed by atoms with Crippen LogP contribution in [0.3, 0.4) is 0 Å². The minimum absolute atomic E-state index is 0.0815. The molecule has 2 aromatic rings. The molecule has 1 aromatic heterocycles. The Hall–Kier alpha value is -2.36. The molecule has 0 fully saturated rings. The fraction of sp³-hybridized carbons (Fsp3) is 0.250. The lowest BCUT2D eigenvalue weighted by Crippen LogP contribution is -2.28. The van der Waals surface area contributed by atoms with Gasteiger partial charge < -0.3 is 10.0 Å². The highest BCUT2D eigenvalue weighted by atomic mass is 16.3. The highest BCUT2D eigenvalue weighted by molar-refractivity contribution is 5.92. The molecule has 1 amide bonds. The van der Waals surface area contributed by atoms with Gasteiger partial charge in [0.25, 0.3) is 0 Å². The minimum Gasteiger partial charge on any atom is -0.508 e. The summed E-state index contributed by atoms with van der Waals surface area (Å²) >= 11 is 0. The molecular weight excluding hydrogens is 252 g/mol. The van der Waals surface area contributed by atoms with Crippen LogP contribution in [0.4, 0.5) is 5.69 Å². The van der Waals surface area contributed by atoms with Crippen molar-refractivity contribution in [2.24, 2.45) is 0 Å². The molecule has 1 aromatic carbocycles. The second-order valence-electron chi connectivity index (χ2n) is 4.85.